The second kappa shape index (κ2) is 17.1. The summed E-state index contributed by atoms with van der Waals surface area (Å²) in [6.07, 6.45) is -0.273. The molecule has 36 heavy (non-hydrogen) atoms. The van der Waals surface area contributed by atoms with E-state index in [1.807, 2.05) is 0 Å². The number of aliphatic carboxylic acids is 1. The van der Waals surface area contributed by atoms with Gasteiger partial charge in [0.1, 0.15) is 18.1 Å². The van der Waals surface area contributed by atoms with E-state index in [1.165, 1.54) is 13.8 Å². The fraction of sp³-hybridized carbons (Fsp3) is 0.700. The van der Waals surface area contributed by atoms with Gasteiger partial charge in [-0.1, -0.05) is 0 Å². The van der Waals surface area contributed by atoms with Gasteiger partial charge in [0, 0.05) is 0 Å². The lowest BCUT2D eigenvalue weighted by Crippen LogP contribution is -2.56. The predicted octanol–water partition coefficient (Wildman–Crippen LogP) is -5.39. The second-order valence-electron chi connectivity index (χ2n) is 7.98. The minimum Gasteiger partial charge on any atom is -0.480 e. The van der Waals surface area contributed by atoms with Crippen LogP contribution in [-0.4, -0.2) is 107 Å². The highest BCUT2D eigenvalue weighted by atomic mass is 16.4. The van der Waals surface area contributed by atoms with Crippen LogP contribution in [0.1, 0.15) is 33.1 Å². The van der Waals surface area contributed by atoms with Gasteiger partial charge in [-0.15, -0.1) is 0 Å². The molecule has 0 radical (unpaired) electrons. The highest BCUT2D eigenvalue weighted by molar-refractivity contribution is 5.94. The highest BCUT2D eigenvalue weighted by Gasteiger charge is 2.29. The quantitative estimate of drug-likeness (QED) is 0.0809. The van der Waals surface area contributed by atoms with Crippen molar-refractivity contribution in [1.29, 1.82) is 0 Å². The third kappa shape index (κ3) is 12.9. The molecule has 0 aromatic rings. The molecule has 5 amide bonds. The number of amides is 5. The van der Waals surface area contributed by atoms with E-state index in [1.54, 1.807) is 0 Å². The largest absolute Gasteiger partial charge is 0.480 e. The minimum absolute atomic E-state index is 0.132. The fourth-order valence-corrected chi connectivity index (χ4v) is 2.71. The zero-order chi connectivity index (χ0) is 27.8. The van der Waals surface area contributed by atoms with E-state index in [0.29, 0.717) is 19.4 Å². The van der Waals surface area contributed by atoms with Crippen LogP contribution in [-0.2, 0) is 28.8 Å². The van der Waals surface area contributed by atoms with E-state index in [0.717, 1.165) is 0 Å². The normalized spacial score (nSPS) is 14.8. The lowest BCUT2D eigenvalue weighted by Gasteiger charge is -2.23. The number of unbranched alkanes of at least 4 members (excludes halogenated alkanes) is 1. The second-order valence-corrected chi connectivity index (χ2v) is 7.98. The summed E-state index contributed by atoms with van der Waals surface area (Å²) in [5, 5.41) is 38.8. The van der Waals surface area contributed by atoms with Gasteiger partial charge in [0.15, 0.2) is 6.04 Å². The third-order valence-electron chi connectivity index (χ3n) is 4.80. The van der Waals surface area contributed by atoms with Crippen LogP contribution >= 0.6 is 0 Å². The summed E-state index contributed by atoms with van der Waals surface area (Å²) in [7, 11) is 0. The molecule has 0 unspecified atom stereocenters. The first-order valence-corrected chi connectivity index (χ1v) is 11.3. The average molecular weight is 520 g/mol. The van der Waals surface area contributed by atoms with Gasteiger partial charge in [0.05, 0.1) is 25.8 Å². The van der Waals surface area contributed by atoms with Crippen molar-refractivity contribution in [2.45, 2.75) is 63.4 Å². The van der Waals surface area contributed by atoms with Crippen LogP contribution in [0.25, 0.3) is 0 Å². The molecule has 0 rings (SSSR count). The van der Waals surface area contributed by atoms with Crippen LogP contribution in [0.3, 0.4) is 0 Å². The summed E-state index contributed by atoms with van der Waals surface area (Å²) in [4.78, 5) is 71.5. The van der Waals surface area contributed by atoms with Crippen molar-refractivity contribution in [3.8, 4) is 0 Å². The maximum absolute atomic E-state index is 12.5. The lowest BCUT2D eigenvalue weighted by atomic mass is 10.1. The molecule has 0 saturated heterocycles. The van der Waals surface area contributed by atoms with Gasteiger partial charge in [-0.05, 0) is 39.7 Å². The molecule has 0 saturated carbocycles. The Morgan fingerprint density at radius 1 is 0.833 bits per heavy atom. The molecule has 0 heterocycles. The summed E-state index contributed by atoms with van der Waals surface area (Å²) >= 11 is 0. The summed E-state index contributed by atoms with van der Waals surface area (Å²) in [6, 6.07) is -5.01. The highest BCUT2D eigenvalue weighted by Crippen LogP contribution is 2.03. The number of carbonyl (C=O) groups excluding carboxylic acids is 5. The first kappa shape index (κ1) is 32.7. The van der Waals surface area contributed by atoms with Crippen LogP contribution in [0, 0.1) is 0 Å². The Bertz CT molecular complexity index is 779. The minimum atomic E-state index is -1.58. The molecule has 16 heteroatoms. The zero-order valence-corrected chi connectivity index (χ0v) is 20.3. The van der Waals surface area contributed by atoms with Gasteiger partial charge in [0.2, 0.25) is 29.5 Å². The number of nitrogens with one attached hydrogen (secondary N) is 5. The first-order chi connectivity index (χ1) is 16.8. The van der Waals surface area contributed by atoms with Crippen molar-refractivity contribution in [3.05, 3.63) is 0 Å². The molecule has 0 aliphatic heterocycles. The molecule has 0 aromatic carbocycles. The third-order valence-corrected chi connectivity index (χ3v) is 4.80. The molecule has 0 aromatic heterocycles. The topological polar surface area (TPSA) is 275 Å². The summed E-state index contributed by atoms with van der Waals surface area (Å²) in [5.74, 6) is -5.25. The molecule has 0 bridgehead atoms. The van der Waals surface area contributed by atoms with Crippen LogP contribution < -0.4 is 38.1 Å². The number of carbonyl (C=O) groups is 6. The molecular weight excluding hydrogens is 482 g/mol. The summed E-state index contributed by atoms with van der Waals surface area (Å²) < 4.78 is 0. The fourth-order valence-electron chi connectivity index (χ4n) is 2.71. The first-order valence-electron chi connectivity index (χ1n) is 11.3. The van der Waals surface area contributed by atoms with Crippen LogP contribution in [0.4, 0.5) is 0 Å². The number of aliphatic hydroxyl groups is 2. The summed E-state index contributed by atoms with van der Waals surface area (Å²) in [6.45, 7) is 1.20. The van der Waals surface area contributed by atoms with Gasteiger partial charge in [-0.3, -0.25) is 24.0 Å². The van der Waals surface area contributed by atoms with Gasteiger partial charge in [-0.2, -0.15) is 0 Å². The standard InChI is InChI=1S/C20H37N7O9/c1-10(25-14(30)7-24-18(33)12(22)9-28)17(32)23-8-15(31)26-13(5-3-4-6-21)19(34)27-16(11(2)29)20(35)36/h10-13,16,28-29H,3-9,21-22H2,1-2H3,(H,23,32)(H,24,33)(H,25,30)(H,26,31)(H,27,34)(H,35,36)/t10-,11+,12-,13-,16-/m0/s1. The van der Waals surface area contributed by atoms with E-state index < -0.39 is 85.5 Å². The number of nitrogens with two attached hydrogens (primary N) is 2. The van der Waals surface area contributed by atoms with Gasteiger partial charge in [0.25, 0.3) is 0 Å². The maximum Gasteiger partial charge on any atom is 0.328 e. The Labute approximate surface area is 207 Å². The monoisotopic (exact) mass is 519 g/mol. The van der Waals surface area contributed by atoms with Crippen molar-refractivity contribution in [2.24, 2.45) is 11.5 Å². The SMILES string of the molecule is C[C@H](NC(=O)CNC(=O)[C@@H](N)CO)C(=O)NCC(=O)N[C@@H](CCCCN)C(=O)N[C@H](C(=O)O)[C@@H](C)O. The molecule has 0 fully saturated rings. The number of aliphatic hydroxyl groups excluding tert-OH is 2. The molecular formula is C20H37N7O9. The average Bonchev–Trinajstić information content (AvgIpc) is 2.82. The zero-order valence-electron chi connectivity index (χ0n) is 20.3. The van der Waals surface area contributed by atoms with Crippen molar-refractivity contribution in [3.63, 3.8) is 0 Å². The Morgan fingerprint density at radius 2 is 1.39 bits per heavy atom. The van der Waals surface area contributed by atoms with Crippen molar-refractivity contribution >= 4 is 35.5 Å². The van der Waals surface area contributed by atoms with Gasteiger partial charge in [-0.25, -0.2) is 4.79 Å². The van der Waals surface area contributed by atoms with E-state index >= 15 is 0 Å². The van der Waals surface area contributed by atoms with Crippen molar-refractivity contribution < 1.29 is 44.1 Å². The maximum atomic E-state index is 12.5. The Hall–Kier alpha value is -3.34. The lowest BCUT2D eigenvalue weighted by molar-refractivity contribution is -0.145. The number of hydrogen-bond acceptors (Lipinski definition) is 10. The molecule has 12 N–H and O–H groups in total. The smallest absolute Gasteiger partial charge is 0.328 e. The Balaban J connectivity index is 4.81. The number of carboxylic acid groups (broad SMARTS) is 1. The number of hydrogen-bond donors (Lipinski definition) is 10. The summed E-state index contributed by atoms with van der Waals surface area (Å²) in [5.41, 5.74) is 10.7. The Kier molecular flexibility index (Phi) is 15.6. The Morgan fingerprint density at radius 3 is 1.89 bits per heavy atom. The predicted molar refractivity (Wildman–Crippen MR) is 125 cm³/mol. The van der Waals surface area contributed by atoms with Crippen molar-refractivity contribution in [1.82, 2.24) is 26.6 Å². The molecule has 0 spiro atoms. The molecule has 16 nitrogen and oxygen atoms in total. The van der Waals surface area contributed by atoms with E-state index in [-0.39, 0.29) is 6.42 Å². The molecule has 0 aliphatic rings. The van der Waals surface area contributed by atoms with E-state index in [9.17, 15) is 33.9 Å². The van der Waals surface area contributed by atoms with E-state index in [2.05, 4.69) is 26.6 Å². The molecule has 206 valence electrons. The van der Waals surface area contributed by atoms with Crippen LogP contribution in [0.2, 0.25) is 0 Å². The molecule has 5 atom stereocenters. The van der Waals surface area contributed by atoms with Gasteiger partial charge < -0.3 is 53.4 Å². The number of carboxylic acids is 1. The van der Waals surface area contributed by atoms with Crippen LogP contribution in [0.15, 0.2) is 0 Å². The number of rotatable bonds is 17. The van der Waals surface area contributed by atoms with E-state index in [4.69, 9.17) is 21.7 Å². The van der Waals surface area contributed by atoms with Crippen molar-refractivity contribution in [2.75, 3.05) is 26.2 Å². The van der Waals surface area contributed by atoms with Gasteiger partial charge >= 0.3 is 5.97 Å². The van der Waals surface area contributed by atoms with Crippen LogP contribution in [0.5, 0.6) is 0 Å². The molecule has 0 aliphatic carbocycles.